The Morgan fingerprint density at radius 3 is 2.40 bits per heavy atom. The number of hydrogen-bond acceptors (Lipinski definition) is 3. The van der Waals surface area contributed by atoms with Crippen molar-refractivity contribution in [2.45, 2.75) is 26.2 Å². The number of hydrogen-bond donors (Lipinski definition) is 1. The molecule has 1 aromatic heterocycles. The number of nitrogens with zero attached hydrogens (tertiary/aromatic N) is 1. The van der Waals surface area contributed by atoms with Gasteiger partial charge in [-0.3, -0.25) is 9.78 Å². The summed E-state index contributed by atoms with van der Waals surface area (Å²) in [6.07, 6.45) is 5.85. The smallest absolute Gasteiger partial charge is 0.224 e. The molecule has 20 heavy (non-hydrogen) atoms. The third kappa shape index (κ3) is 4.39. The average molecular weight is 270 g/mol. The van der Waals surface area contributed by atoms with E-state index in [2.05, 4.69) is 17.2 Å². The fourth-order valence-corrected chi connectivity index (χ4v) is 1.71. The SMILES string of the molecule is CCCCC(=O)Nc1ccc(Oc2ccncc2)cc1. The first-order valence-electron chi connectivity index (χ1n) is 6.75. The van der Waals surface area contributed by atoms with E-state index in [0.29, 0.717) is 6.42 Å². The third-order valence-corrected chi connectivity index (χ3v) is 2.78. The van der Waals surface area contributed by atoms with Crippen LogP contribution < -0.4 is 10.1 Å². The van der Waals surface area contributed by atoms with Gasteiger partial charge in [-0.2, -0.15) is 0 Å². The van der Waals surface area contributed by atoms with Crippen LogP contribution in [0.1, 0.15) is 26.2 Å². The van der Waals surface area contributed by atoms with E-state index in [0.717, 1.165) is 30.0 Å². The van der Waals surface area contributed by atoms with Gasteiger partial charge in [0.25, 0.3) is 0 Å². The van der Waals surface area contributed by atoms with Gasteiger partial charge in [-0.05, 0) is 42.8 Å². The topological polar surface area (TPSA) is 51.2 Å². The van der Waals surface area contributed by atoms with Gasteiger partial charge in [-0.25, -0.2) is 0 Å². The number of aromatic nitrogens is 1. The summed E-state index contributed by atoms with van der Waals surface area (Å²) in [4.78, 5) is 15.5. The predicted molar refractivity (Wildman–Crippen MR) is 78.9 cm³/mol. The van der Waals surface area contributed by atoms with E-state index in [-0.39, 0.29) is 5.91 Å². The van der Waals surface area contributed by atoms with Crippen LogP contribution >= 0.6 is 0 Å². The van der Waals surface area contributed by atoms with E-state index in [1.165, 1.54) is 0 Å². The number of carbonyl (C=O) groups is 1. The molecule has 0 saturated heterocycles. The lowest BCUT2D eigenvalue weighted by molar-refractivity contribution is -0.116. The molecule has 0 spiro atoms. The van der Waals surface area contributed by atoms with Crippen LogP contribution in [0.25, 0.3) is 0 Å². The molecule has 0 aliphatic rings. The van der Waals surface area contributed by atoms with E-state index in [9.17, 15) is 4.79 Å². The Labute approximate surface area is 118 Å². The minimum absolute atomic E-state index is 0.0506. The Hall–Kier alpha value is -2.36. The van der Waals surface area contributed by atoms with Crippen molar-refractivity contribution in [1.82, 2.24) is 4.98 Å². The zero-order valence-corrected chi connectivity index (χ0v) is 11.5. The minimum atomic E-state index is 0.0506. The van der Waals surface area contributed by atoms with Crippen LogP contribution in [-0.2, 0) is 4.79 Å². The molecule has 2 rings (SSSR count). The van der Waals surface area contributed by atoms with Gasteiger partial charge in [0.15, 0.2) is 0 Å². The van der Waals surface area contributed by atoms with Crippen LogP contribution in [0, 0.1) is 0 Å². The number of nitrogens with one attached hydrogen (secondary N) is 1. The summed E-state index contributed by atoms with van der Waals surface area (Å²) in [6, 6.07) is 10.9. The van der Waals surface area contributed by atoms with Crippen molar-refractivity contribution in [2.75, 3.05) is 5.32 Å². The second-order valence-corrected chi connectivity index (χ2v) is 4.46. The highest BCUT2D eigenvalue weighted by Crippen LogP contribution is 2.22. The maximum Gasteiger partial charge on any atom is 0.224 e. The molecular weight excluding hydrogens is 252 g/mol. The van der Waals surface area contributed by atoms with Crippen LogP contribution in [0.4, 0.5) is 5.69 Å². The molecule has 1 amide bonds. The van der Waals surface area contributed by atoms with E-state index < -0.39 is 0 Å². The molecule has 1 N–H and O–H groups in total. The number of amides is 1. The standard InChI is InChI=1S/C16H18N2O2/c1-2-3-4-16(19)18-13-5-7-14(8-6-13)20-15-9-11-17-12-10-15/h5-12H,2-4H2,1H3,(H,18,19). The van der Waals surface area contributed by atoms with Crippen LogP contribution in [0.5, 0.6) is 11.5 Å². The molecule has 0 aliphatic heterocycles. The maximum atomic E-state index is 11.6. The second-order valence-electron chi connectivity index (χ2n) is 4.46. The van der Waals surface area contributed by atoms with Gasteiger partial charge in [0.05, 0.1) is 0 Å². The Bertz CT molecular complexity index is 538. The lowest BCUT2D eigenvalue weighted by Crippen LogP contribution is -2.10. The molecule has 4 nitrogen and oxygen atoms in total. The van der Waals surface area contributed by atoms with Gasteiger partial charge >= 0.3 is 0 Å². The van der Waals surface area contributed by atoms with Crippen LogP contribution in [-0.4, -0.2) is 10.9 Å². The number of carbonyl (C=O) groups excluding carboxylic acids is 1. The van der Waals surface area contributed by atoms with Crippen LogP contribution in [0.15, 0.2) is 48.8 Å². The van der Waals surface area contributed by atoms with Crippen LogP contribution in [0.2, 0.25) is 0 Å². The number of pyridine rings is 1. The highest BCUT2D eigenvalue weighted by molar-refractivity contribution is 5.90. The zero-order chi connectivity index (χ0) is 14.2. The Kier molecular flexibility index (Phi) is 5.12. The number of unbranched alkanes of at least 4 members (excludes halogenated alkanes) is 1. The van der Waals surface area contributed by atoms with Gasteiger partial charge in [0.1, 0.15) is 11.5 Å². The quantitative estimate of drug-likeness (QED) is 0.863. The molecule has 0 aliphatic carbocycles. The molecule has 2 aromatic rings. The molecule has 1 aromatic carbocycles. The second kappa shape index (κ2) is 7.28. The van der Waals surface area contributed by atoms with Crippen molar-refractivity contribution in [3.05, 3.63) is 48.8 Å². The highest BCUT2D eigenvalue weighted by Gasteiger charge is 2.02. The summed E-state index contributed by atoms with van der Waals surface area (Å²) < 4.78 is 5.65. The molecule has 0 unspecified atom stereocenters. The molecule has 0 atom stereocenters. The monoisotopic (exact) mass is 270 g/mol. The van der Waals surface area contributed by atoms with Gasteiger partial charge in [0.2, 0.25) is 5.91 Å². The number of anilines is 1. The summed E-state index contributed by atoms with van der Waals surface area (Å²) in [6.45, 7) is 2.07. The first kappa shape index (κ1) is 14.1. The fraction of sp³-hybridized carbons (Fsp3) is 0.250. The molecule has 1 heterocycles. The molecular formula is C16H18N2O2. The van der Waals surface area contributed by atoms with E-state index >= 15 is 0 Å². The summed E-state index contributed by atoms with van der Waals surface area (Å²) >= 11 is 0. The van der Waals surface area contributed by atoms with Gasteiger partial charge < -0.3 is 10.1 Å². The number of ether oxygens (including phenoxy) is 1. The van der Waals surface area contributed by atoms with Crippen molar-refractivity contribution < 1.29 is 9.53 Å². The first-order chi connectivity index (χ1) is 9.78. The maximum absolute atomic E-state index is 11.6. The van der Waals surface area contributed by atoms with Crippen molar-refractivity contribution in [3.8, 4) is 11.5 Å². The van der Waals surface area contributed by atoms with Crippen LogP contribution in [0.3, 0.4) is 0 Å². The van der Waals surface area contributed by atoms with E-state index in [1.54, 1.807) is 24.5 Å². The molecule has 104 valence electrons. The third-order valence-electron chi connectivity index (χ3n) is 2.78. The number of benzene rings is 1. The Balaban J connectivity index is 1.91. The first-order valence-corrected chi connectivity index (χ1v) is 6.75. The average Bonchev–Trinajstić information content (AvgIpc) is 2.48. The Morgan fingerprint density at radius 2 is 1.75 bits per heavy atom. The van der Waals surface area contributed by atoms with Crippen molar-refractivity contribution in [3.63, 3.8) is 0 Å². The molecule has 4 heteroatoms. The Morgan fingerprint density at radius 1 is 1.10 bits per heavy atom. The van der Waals surface area contributed by atoms with Crippen molar-refractivity contribution in [2.24, 2.45) is 0 Å². The zero-order valence-electron chi connectivity index (χ0n) is 11.5. The van der Waals surface area contributed by atoms with Gasteiger partial charge in [-0.15, -0.1) is 0 Å². The fourth-order valence-electron chi connectivity index (χ4n) is 1.71. The van der Waals surface area contributed by atoms with Crippen molar-refractivity contribution in [1.29, 1.82) is 0 Å². The number of rotatable bonds is 6. The summed E-state index contributed by atoms with van der Waals surface area (Å²) in [7, 11) is 0. The van der Waals surface area contributed by atoms with Gasteiger partial charge in [-0.1, -0.05) is 13.3 Å². The molecule has 0 bridgehead atoms. The summed E-state index contributed by atoms with van der Waals surface area (Å²) in [5.41, 5.74) is 0.785. The lowest BCUT2D eigenvalue weighted by atomic mass is 10.2. The largest absolute Gasteiger partial charge is 0.457 e. The molecule has 0 radical (unpaired) electrons. The normalized spacial score (nSPS) is 10.1. The minimum Gasteiger partial charge on any atom is -0.457 e. The molecule has 0 saturated carbocycles. The van der Waals surface area contributed by atoms with Crippen molar-refractivity contribution >= 4 is 11.6 Å². The predicted octanol–water partition coefficient (Wildman–Crippen LogP) is 4.00. The highest BCUT2D eigenvalue weighted by atomic mass is 16.5. The summed E-state index contributed by atoms with van der Waals surface area (Å²) in [5.74, 6) is 1.51. The lowest BCUT2D eigenvalue weighted by Gasteiger charge is -2.07. The van der Waals surface area contributed by atoms with E-state index in [1.807, 2.05) is 24.3 Å². The van der Waals surface area contributed by atoms with Gasteiger partial charge in [0, 0.05) is 24.5 Å². The molecule has 0 fully saturated rings. The summed E-state index contributed by atoms with van der Waals surface area (Å²) in [5, 5.41) is 2.86. The van der Waals surface area contributed by atoms with E-state index in [4.69, 9.17) is 4.74 Å².